The number of rotatable bonds is 1. The molecule has 2 rings (SSSR count). The third-order valence-corrected chi connectivity index (χ3v) is 9.90. The molecule has 0 aliphatic carbocycles. The van der Waals surface area contributed by atoms with Crippen molar-refractivity contribution in [1.82, 2.24) is 0 Å². The molecular formula is C20H31Cl3HfSi-2. The van der Waals surface area contributed by atoms with Crippen LogP contribution >= 0.6 is 11.1 Å². The largest absolute Gasteiger partial charge is 1.00 e. The molecule has 25 heavy (non-hydrogen) atoms. The molecule has 0 saturated heterocycles. The first kappa shape index (κ1) is 30.4. The molecule has 0 aliphatic rings. The number of hydrogen-bond donors (Lipinski definition) is 0. The number of aryl methyl sites for hydroxylation is 4. The molecule has 0 unspecified atom stereocenters. The summed E-state index contributed by atoms with van der Waals surface area (Å²) in [6.07, 6.45) is 0. The molecule has 0 atom stereocenters. The molecule has 0 radical (unpaired) electrons. The van der Waals surface area contributed by atoms with Gasteiger partial charge in [0.15, 0.2) is 0 Å². The summed E-state index contributed by atoms with van der Waals surface area (Å²) < 4.78 is 0. The molecule has 0 spiro atoms. The summed E-state index contributed by atoms with van der Waals surface area (Å²) in [5.41, 5.74) is 11.5. The molecule has 2 aromatic carbocycles. The standard InChI is InChI=1S/2C9H13.C2H5ClSi.2ClH.Hf/c2*1-6-5-7(2)9(4)8(6)3;1-2-4-3;;;/h2*5H,1-4H3;2H2,1H3;2*1H;/q2*-1;;;;+2/p-2. The summed E-state index contributed by atoms with van der Waals surface area (Å²) in [6.45, 7) is 19.5. The van der Waals surface area contributed by atoms with Crippen LogP contribution in [0.4, 0.5) is 0 Å². The Morgan fingerprint density at radius 3 is 1.12 bits per heavy atom. The summed E-state index contributed by atoms with van der Waals surface area (Å²) in [4.78, 5) is -0.263. The summed E-state index contributed by atoms with van der Waals surface area (Å²) in [7, 11) is 0. The minimum Gasteiger partial charge on any atom is -1.00 e. The summed E-state index contributed by atoms with van der Waals surface area (Å²) >= 11 is 6.86. The van der Waals surface area contributed by atoms with E-state index < -0.39 is 0 Å². The van der Waals surface area contributed by atoms with Gasteiger partial charge in [0.05, 0.1) is 0 Å². The van der Waals surface area contributed by atoms with E-state index in [0.717, 1.165) is 0 Å². The molecule has 142 valence electrons. The minimum atomic E-state index is -0.263. The van der Waals surface area contributed by atoms with Crippen molar-refractivity contribution in [3.63, 3.8) is 0 Å². The van der Waals surface area contributed by atoms with Crippen molar-refractivity contribution in [3.8, 4) is 0 Å². The molecule has 0 saturated carbocycles. The van der Waals surface area contributed by atoms with Crippen LogP contribution in [-0.2, 0) is 23.0 Å². The Balaban J connectivity index is -0.000000291. The Kier molecular flexibility index (Phi) is 17.8. The number of halogens is 3. The SMILES string of the molecule is CC[Si](Cl)=[Hf+2].Cc1c[c-](C)c(C)c1C.Cc1c[c-](C)c(C)c1C.[Cl-].[Cl-]. The van der Waals surface area contributed by atoms with Gasteiger partial charge in [-0.2, -0.15) is 56.6 Å². The van der Waals surface area contributed by atoms with Crippen LogP contribution in [0.1, 0.15) is 51.4 Å². The van der Waals surface area contributed by atoms with Crippen LogP contribution in [0.2, 0.25) is 6.04 Å². The fraction of sp³-hybridized carbons (Fsp3) is 0.500. The van der Waals surface area contributed by atoms with Gasteiger partial charge in [0.2, 0.25) is 0 Å². The maximum Gasteiger partial charge on any atom is -0.0630 e. The summed E-state index contributed by atoms with van der Waals surface area (Å²) in [6, 6.07) is 5.72. The first-order chi connectivity index (χ1) is 10.5. The Morgan fingerprint density at radius 2 is 1.08 bits per heavy atom. The maximum atomic E-state index is 5.63. The van der Waals surface area contributed by atoms with E-state index in [9.17, 15) is 0 Å². The predicted molar refractivity (Wildman–Crippen MR) is 104 cm³/mol. The van der Waals surface area contributed by atoms with E-state index in [0.29, 0.717) is 0 Å². The van der Waals surface area contributed by atoms with Crippen molar-refractivity contribution in [1.29, 1.82) is 0 Å². The summed E-state index contributed by atoms with van der Waals surface area (Å²) in [5, 5.41) is 0. The van der Waals surface area contributed by atoms with Crippen LogP contribution in [0.5, 0.6) is 0 Å². The van der Waals surface area contributed by atoms with Crippen LogP contribution in [0.3, 0.4) is 0 Å². The molecular weight excluding hydrogens is 553 g/mol. The Bertz CT molecular complexity index is 559. The Labute approximate surface area is 187 Å². The van der Waals surface area contributed by atoms with Gasteiger partial charge in [0.1, 0.15) is 0 Å². The maximum absolute atomic E-state index is 5.63. The average Bonchev–Trinajstić information content (AvgIpc) is 2.85. The number of hydrogen-bond acceptors (Lipinski definition) is 0. The fourth-order valence-corrected chi connectivity index (χ4v) is 2.27. The molecule has 0 fully saturated rings. The van der Waals surface area contributed by atoms with E-state index in [4.69, 9.17) is 11.1 Å². The van der Waals surface area contributed by atoms with Crippen molar-refractivity contribution in [2.24, 2.45) is 0 Å². The van der Waals surface area contributed by atoms with Gasteiger partial charge < -0.3 is 24.8 Å². The van der Waals surface area contributed by atoms with Crippen molar-refractivity contribution in [2.45, 2.75) is 68.4 Å². The zero-order chi connectivity index (χ0) is 18.3. The van der Waals surface area contributed by atoms with Crippen molar-refractivity contribution >= 4 is 15.9 Å². The first-order valence-electron chi connectivity index (χ1n) is 8.15. The van der Waals surface area contributed by atoms with Crippen LogP contribution < -0.4 is 24.8 Å². The normalized spacial score (nSPS) is 8.96. The van der Waals surface area contributed by atoms with E-state index in [1.54, 1.807) is 0 Å². The zero-order valence-electron chi connectivity index (χ0n) is 17.0. The monoisotopic (exact) mass is 584 g/mol. The predicted octanol–water partition coefficient (Wildman–Crippen LogP) is 0.566. The van der Waals surface area contributed by atoms with Crippen molar-refractivity contribution < 1.29 is 47.8 Å². The second-order valence-corrected chi connectivity index (χ2v) is 19.1. The molecule has 0 heterocycles. The van der Waals surface area contributed by atoms with E-state index >= 15 is 0 Å². The smallest absolute Gasteiger partial charge is 0.0630 e. The van der Waals surface area contributed by atoms with Gasteiger partial charge in [-0.15, -0.1) is 0 Å². The van der Waals surface area contributed by atoms with Gasteiger partial charge in [-0.05, 0) is 0 Å². The second-order valence-electron chi connectivity index (χ2n) is 6.28. The van der Waals surface area contributed by atoms with E-state index in [2.05, 4.69) is 74.4 Å². The zero-order valence-corrected chi connectivity index (χ0v) is 23.9. The van der Waals surface area contributed by atoms with Gasteiger partial charge >= 0.3 is 51.9 Å². The first-order valence-corrected chi connectivity index (χ1v) is 16.3. The van der Waals surface area contributed by atoms with E-state index in [1.807, 2.05) is 0 Å². The fourth-order valence-electron chi connectivity index (χ4n) is 2.27. The molecule has 5 heteroatoms. The Morgan fingerprint density at radius 1 is 0.840 bits per heavy atom. The molecule has 2 aromatic rings. The molecule has 0 aromatic heterocycles. The molecule has 0 amide bonds. The molecule has 0 nitrogen and oxygen atoms in total. The van der Waals surface area contributed by atoms with Gasteiger partial charge in [-0.3, -0.25) is 0 Å². The van der Waals surface area contributed by atoms with Crippen molar-refractivity contribution in [2.75, 3.05) is 0 Å². The van der Waals surface area contributed by atoms with Gasteiger partial charge in [-0.1, -0.05) is 55.4 Å². The van der Waals surface area contributed by atoms with E-state index in [-0.39, 0.29) is 29.6 Å². The quantitative estimate of drug-likeness (QED) is 0.262. The summed E-state index contributed by atoms with van der Waals surface area (Å²) in [5.74, 6) is 0. The molecule has 0 N–H and O–H groups in total. The van der Waals surface area contributed by atoms with Gasteiger partial charge in [-0.25, -0.2) is 0 Å². The second kappa shape index (κ2) is 14.7. The van der Waals surface area contributed by atoms with Gasteiger partial charge in [0, 0.05) is 0 Å². The average molecular weight is 584 g/mol. The van der Waals surface area contributed by atoms with Crippen LogP contribution in [0.15, 0.2) is 12.1 Å². The third-order valence-electron chi connectivity index (χ3n) is 4.67. The minimum absolute atomic E-state index is 0. The topological polar surface area (TPSA) is 0 Å². The third kappa shape index (κ3) is 10.5. The van der Waals surface area contributed by atoms with Crippen LogP contribution in [0.25, 0.3) is 0 Å². The van der Waals surface area contributed by atoms with Gasteiger partial charge in [0.25, 0.3) is 0 Å². The van der Waals surface area contributed by atoms with Crippen LogP contribution in [-0.4, -0.2) is 4.80 Å². The van der Waals surface area contributed by atoms with E-state index in [1.165, 1.54) is 73.6 Å². The Hall–Kier alpha value is 0.657. The molecule has 0 aliphatic heterocycles. The van der Waals surface area contributed by atoms with Crippen molar-refractivity contribution in [3.05, 3.63) is 56.6 Å². The molecule has 0 bridgehead atoms. The van der Waals surface area contributed by atoms with Crippen LogP contribution in [0, 0.1) is 55.4 Å².